The summed E-state index contributed by atoms with van der Waals surface area (Å²) in [5.74, 6) is 0. The normalized spacial score (nSPS) is 27.6. The number of hydrogen-bond acceptors (Lipinski definition) is 3. The lowest BCUT2D eigenvalue weighted by Crippen LogP contribution is -2.35. The zero-order valence-electron chi connectivity index (χ0n) is 9.66. The first-order valence-corrected chi connectivity index (χ1v) is 6.32. The summed E-state index contributed by atoms with van der Waals surface area (Å²) in [6, 6.07) is 0.241. The number of aliphatic hydroxyl groups excluding tert-OH is 1. The molecule has 1 rings (SSSR count). The van der Waals surface area contributed by atoms with Gasteiger partial charge < -0.3 is 15.6 Å². The van der Waals surface area contributed by atoms with Crippen LogP contribution in [-0.2, 0) is 4.74 Å². The third-order valence-electron chi connectivity index (χ3n) is 3.14. The van der Waals surface area contributed by atoms with Gasteiger partial charge in [-0.3, -0.25) is 0 Å². The number of nitrogens with two attached hydrogens (primary N) is 1. The minimum absolute atomic E-state index is 0.241. The molecule has 1 saturated carbocycles. The van der Waals surface area contributed by atoms with E-state index in [1.165, 1.54) is 19.3 Å². The van der Waals surface area contributed by atoms with Crippen molar-refractivity contribution in [3.8, 4) is 0 Å². The van der Waals surface area contributed by atoms with Crippen LogP contribution in [-0.4, -0.2) is 30.5 Å². The fraction of sp³-hybridized carbons (Fsp3) is 1.00. The Balaban J connectivity index is 2.07. The lowest BCUT2D eigenvalue weighted by molar-refractivity contribution is 0.0286. The van der Waals surface area contributed by atoms with E-state index in [4.69, 9.17) is 15.6 Å². The van der Waals surface area contributed by atoms with Crippen molar-refractivity contribution in [1.29, 1.82) is 0 Å². The molecule has 1 aliphatic carbocycles. The Morgan fingerprint density at radius 3 is 2.67 bits per heavy atom. The lowest BCUT2D eigenvalue weighted by atomic mass is 10.1. The minimum atomic E-state index is 0.241. The molecule has 3 N–H and O–H groups in total. The van der Waals surface area contributed by atoms with Crippen molar-refractivity contribution in [2.75, 3.05) is 13.2 Å². The highest BCUT2D eigenvalue weighted by Gasteiger charge is 2.20. The Kier molecular flexibility index (Phi) is 6.98. The van der Waals surface area contributed by atoms with Crippen LogP contribution in [0.3, 0.4) is 0 Å². The van der Waals surface area contributed by atoms with Crippen molar-refractivity contribution in [2.45, 2.75) is 63.5 Å². The Morgan fingerprint density at radius 2 is 1.87 bits per heavy atom. The Hall–Kier alpha value is -0.120. The van der Waals surface area contributed by atoms with Gasteiger partial charge in [-0.1, -0.05) is 19.3 Å². The molecular weight excluding hydrogens is 190 g/mol. The molecular formula is C12H25NO2. The van der Waals surface area contributed by atoms with E-state index in [9.17, 15) is 0 Å². The zero-order chi connectivity index (χ0) is 10.9. The molecule has 90 valence electrons. The minimum Gasteiger partial charge on any atom is -0.396 e. The van der Waals surface area contributed by atoms with E-state index in [1.807, 2.05) is 0 Å². The molecule has 15 heavy (non-hydrogen) atoms. The summed E-state index contributed by atoms with van der Waals surface area (Å²) in [6.45, 7) is 1.10. The van der Waals surface area contributed by atoms with Gasteiger partial charge in [0, 0.05) is 19.3 Å². The topological polar surface area (TPSA) is 55.5 Å². The lowest BCUT2D eigenvalue weighted by Gasteiger charge is -2.21. The number of hydrogen-bond donors (Lipinski definition) is 2. The highest BCUT2D eigenvalue weighted by Crippen LogP contribution is 2.19. The average Bonchev–Trinajstić information content (AvgIpc) is 2.44. The SMILES string of the molecule is NC1CCCCCC1OCCCCCO. The Bertz CT molecular complexity index is 153. The van der Waals surface area contributed by atoms with Crippen LogP contribution in [0, 0.1) is 0 Å². The molecule has 1 fully saturated rings. The predicted octanol–water partition coefficient (Wildman–Crippen LogP) is 1.83. The summed E-state index contributed by atoms with van der Waals surface area (Å²) in [5, 5.41) is 8.63. The van der Waals surface area contributed by atoms with E-state index in [0.29, 0.717) is 6.61 Å². The molecule has 0 saturated heterocycles. The summed E-state index contributed by atoms with van der Waals surface area (Å²) < 4.78 is 5.82. The van der Waals surface area contributed by atoms with Crippen LogP contribution in [0.15, 0.2) is 0 Å². The monoisotopic (exact) mass is 215 g/mol. The van der Waals surface area contributed by atoms with Gasteiger partial charge in [-0.05, 0) is 32.1 Å². The fourth-order valence-corrected chi connectivity index (χ4v) is 2.13. The maximum Gasteiger partial charge on any atom is 0.0725 e. The molecule has 2 unspecified atom stereocenters. The Morgan fingerprint density at radius 1 is 1.07 bits per heavy atom. The van der Waals surface area contributed by atoms with Gasteiger partial charge in [-0.25, -0.2) is 0 Å². The Labute approximate surface area is 93.0 Å². The highest BCUT2D eigenvalue weighted by molar-refractivity contribution is 4.76. The van der Waals surface area contributed by atoms with Crippen molar-refractivity contribution in [2.24, 2.45) is 5.73 Å². The molecule has 0 aliphatic heterocycles. The molecule has 0 amide bonds. The molecule has 0 radical (unpaired) electrons. The predicted molar refractivity (Wildman–Crippen MR) is 61.7 cm³/mol. The first kappa shape index (κ1) is 12.9. The van der Waals surface area contributed by atoms with E-state index >= 15 is 0 Å². The maximum absolute atomic E-state index is 8.63. The van der Waals surface area contributed by atoms with E-state index in [-0.39, 0.29) is 12.1 Å². The second kappa shape index (κ2) is 8.08. The summed E-state index contributed by atoms with van der Waals surface area (Å²) in [7, 11) is 0. The molecule has 0 heterocycles. The summed E-state index contributed by atoms with van der Waals surface area (Å²) in [5.41, 5.74) is 6.05. The van der Waals surface area contributed by atoms with Gasteiger partial charge in [0.05, 0.1) is 6.10 Å². The summed E-state index contributed by atoms with van der Waals surface area (Å²) in [6.07, 6.45) is 9.32. The van der Waals surface area contributed by atoms with Crippen molar-refractivity contribution < 1.29 is 9.84 Å². The molecule has 0 spiro atoms. The van der Waals surface area contributed by atoms with Crippen molar-refractivity contribution >= 4 is 0 Å². The highest BCUT2D eigenvalue weighted by atomic mass is 16.5. The van der Waals surface area contributed by atoms with Crippen LogP contribution < -0.4 is 5.73 Å². The van der Waals surface area contributed by atoms with Crippen LogP contribution in [0.25, 0.3) is 0 Å². The third-order valence-corrected chi connectivity index (χ3v) is 3.14. The first-order chi connectivity index (χ1) is 7.34. The van der Waals surface area contributed by atoms with Crippen LogP contribution in [0.4, 0.5) is 0 Å². The van der Waals surface area contributed by atoms with Crippen LogP contribution in [0.5, 0.6) is 0 Å². The van der Waals surface area contributed by atoms with Crippen molar-refractivity contribution in [3.05, 3.63) is 0 Å². The molecule has 0 bridgehead atoms. The van der Waals surface area contributed by atoms with Crippen LogP contribution in [0.1, 0.15) is 51.4 Å². The smallest absolute Gasteiger partial charge is 0.0725 e. The van der Waals surface area contributed by atoms with Gasteiger partial charge in [0.15, 0.2) is 0 Å². The maximum atomic E-state index is 8.63. The first-order valence-electron chi connectivity index (χ1n) is 6.32. The fourth-order valence-electron chi connectivity index (χ4n) is 2.13. The second-order valence-electron chi connectivity index (χ2n) is 4.50. The van der Waals surface area contributed by atoms with Crippen LogP contribution >= 0.6 is 0 Å². The number of aliphatic hydroxyl groups is 1. The van der Waals surface area contributed by atoms with Crippen LogP contribution in [0.2, 0.25) is 0 Å². The largest absolute Gasteiger partial charge is 0.396 e. The summed E-state index contributed by atoms with van der Waals surface area (Å²) >= 11 is 0. The third kappa shape index (κ3) is 5.50. The molecule has 0 aromatic carbocycles. The van der Waals surface area contributed by atoms with Gasteiger partial charge in [-0.15, -0.1) is 0 Å². The van der Waals surface area contributed by atoms with Gasteiger partial charge in [-0.2, -0.15) is 0 Å². The summed E-state index contributed by atoms with van der Waals surface area (Å²) in [4.78, 5) is 0. The molecule has 0 aromatic rings. The average molecular weight is 215 g/mol. The standard InChI is InChI=1S/C12H25NO2/c13-11-7-3-1-4-8-12(11)15-10-6-2-5-9-14/h11-12,14H,1-10,13H2. The van der Waals surface area contributed by atoms with Gasteiger partial charge in [0.2, 0.25) is 0 Å². The second-order valence-corrected chi connectivity index (χ2v) is 4.50. The van der Waals surface area contributed by atoms with E-state index in [0.717, 1.165) is 38.7 Å². The van der Waals surface area contributed by atoms with Gasteiger partial charge in [0.1, 0.15) is 0 Å². The number of ether oxygens (including phenoxy) is 1. The zero-order valence-corrected chi connectivity index (χ0v) is 9.66. The molecule has 1 aliphatic rings. The van der Waals surface area contributed by atoms with E-state index < -0.39 is 0 Å². The quantitative estimate of drug-likeness (QED) is 0.525. The number of unbranched alkanes of at least 4 members (excludes halogenated alkanes) is 2. The van der Waals surface area contributed by atoms with Crippen molar-refractivity contribution in [3.63, 3.8) is 0 Å². The molecule has 2 atom stereocenters. The van der Waals surface area contributed by atoms with Gasteiger partial charge in [0.25, 0.3) is 0 Å². The van der Waals surface area contributed by atoms with E-state index in [2.05, 4.69) is 0 Å². The van der Waals surface area contributed by atoms with E-state index in [1.54, 1.807) is 0 Å². The number of rotatable bonds is 6. The van der Waals surface area contributed by atoms with Crippen molar-refractivity contribution in [1.82, 2.24) is 0 Å². The molecule has 0 aromatic heterocycles. The molecule has 3 heteroatoms. The molecule has 3 nitrogen and oxygen atoms in total. The van der Waals surface area contributed by atoms with Gasteiger partial charge >= 0.3 is 0 Å².